The number of aliphatic imine (C=N–C) groups is 1. The van der Waals surface area contributed by atoms with Crippen LogP contribution in [0, 0.1) is 0 Å². The molecule has 1 aliphatic heterocycles. The highest BCUT2D eigenvalue weighted by molar-refractivity contribution is 7.98. The van der Waals surface area contributed by atoms with Crippen molar-refractivity contribution in [3.05, 3.63) is 136 Å². The molecular weight excluding hydrogens is 679 g/mol. The first-order valence-electron chi connectivity index (χ1n) is 17.7. The number of benzene rings is 4. The van der Waals surface area contributed by atoms with Crippen molar-refractivity contribution in [2.24, 2.45) is 10.1 Å². The third-order valence-electron chi connectivity index (χ3n) is 8.89. The van der Waals surface area contributed by atoms with Gasteiger partial charge in [0.2, 0.25) is 5.96 Å². The van der Waals surface area contributed by atoms with Gasteiger partial charge in [-0.15, -0.1) is 0 Å². The van der Waals surface area contributed by atoms with Gasteiger partial charge in [0.25, 0.3) is 0 Å². The predicted molar refractivity (Wildman–Crippen MR) is 214 cm³/mol. The molecule has 5 aromatic rings. The molecule has 0 fully saturated rings. The molecule has 258 valence electrons. The van der Waals surface area contributed by atoms with Crippen LogP contribution >= 0.6 is 35.1 Å². The van der Waals surface area contributed by atoms with E-state index in [0.29, 0.717) is 23.1 Å². The van der Waals surface area contributed by atoms with Crippen LogP contribution in [0.1, 0.15) is 67.8 Å². The largest absolute Gasteiger partial charge is 0.384 e. The molecule has 0 amide bonds. The predicted octanol–water partition coefficient (Wildman–Crippen LogP) is 10.8. The number of nitrogens with one attached hydrogen (secondary N) is 2. The average Bonchev–Trinajstić information content (AvgIpc) is 3.61. The Labute approximate surface area is 310 Å². The molecule has 7 rings (SSSR count). The zero-order valence-electron chi connectivity index (χ0n) is 28.7. The normalized spacial score (nSPS) is 15.6. The van der Waals surface area contributed by atoms with E-state index < -0.39 is 0 Å². The van der Waals surface area contributed by atoms with Crippen molar-refractivity contribution in [3.8, 4) is 0 Å². The quantitative estimate of drug-likeness (QED) is 0.0650. The molecule has 2 heterocycles. The lowest BCUT2D eigenvalue weighted by molar-refractivity contribution is 0.463. The van der Waals surface area contributed by atoms with E-state index in [2.05, 4.69) is 58.6 Å². The number of pyridine rings is 1. The van der Waals surface area contributed by atoms with Gasteiger partial charge in [-0.2, -0.15) is 5.10 Å². The minimum atomic E-state index is 0.0882. The number of para-hydroxylation sites is 1. The Kier molecular flexibility index (Phi) is 12.7. The van der Waals surface area contributed by atoms with Crippen LogP contribution in [0.2, 0.25) is 10.0 Å². The number of aryl methyl sites for hydroxylation is 1. The van der Waals surface area contributed by atoms with Gasteiger partial charge in [-0.25, -0.2) is 5.01 Å². The van der Waals surface area contributed by atoms with Gasteiger partial charge in [-0.1, -0.05) is 97.7 Å². The lowest BCUT2D eigenvalue weighted by Gasteiger charge is -2.21. The molecule has 0 spiro atoms. The molecule has 9 heteroatoms. The molecule has 2 aliphatic rings. The fraction of sp³-hybridized carbons (Fsp3) is 0.293. The standard InChI is InChI=1S/C39H38Cl2N6S.C2H6/c40-29-18-16-28(17-19-29)37-34(27-10-2-1-3-11-27)26-47(45-37)39(46-48-31-22-20-30(41)21-23-31)43-25-9-8-24-42-38-32-12-4-6-14-35(32)44-36-15-7-5-13-33(36)38;1-2/h1-4,6,10-12,14,16-23,34H,5,7-9,13,15,24-26H2,(H,42,44)(H,43,46);1-2H3. The first-order valence-corrected chi connectivity index (χ1v) is 19.2. The summed E-state index contributed by atoms with van der Waals surface area (Å²) in [6, 6.07) is 34.8. The number of unbranched alkanes of at least 4 members (excludes halogenated alkanes) is 1. The van der Waals surface area contributed by atoms with Crippen molar-refractivity contribution in [2.75, 3.05) is 25.0 Å². The lowest BCUT2D eigenvalue weighted by atomic mass is 9.91. The van der Waals surface area contributed by atoms with E-state index in [1.54, 1.807) is 0 Å². The van der Waals surface area contributed by atoms with Crippen LogP contribution in [0.25, 0.3) is 10.9 Å². The molecule has 1 aromatic heterocycles. The first kappa shape index (κ1) is 35.8. The molecule has 0 saturated heterocycles. The van der Waals surface area contributed by atoms with Crippen LogP contribution in [0.15, 0.2) is 118 Å². The van der Waals surface area contributed by atoms with Crippen molar-refractivity contribution < 1.29 is 0 Å². The number of guanidine groups is 1. The average molecular weight is 724 g/mol. The molecule has 1 unspecified atom stereocenters. The van der Waals surface area contributed by atoms with Gasteiger partial charge in [0.15, 0.2) is 0 Å². The number of halogens is 2. The number of nitrogens with zero attached hydrogens (tertiary/aromatic N) is 4. The summed E-state index contributed by atoms with van der Waals surface area (Å²) < 4.78 is 3.52. The number of anilines is 1. The minimum Gasteiger partial charge on any atom is -0.384 e. The van der Waals surface area contributed by atoms with Crippen LogP contribution in [0.3, 0.4) is 0 Å². The van der Waals surface area contributed by atoms with Gasteiger partial charge >= 0.3 is 0 Å². The molecule has 6 nitrogen and oxygen atoms in total. The number of hydrogen-bond donors (Lipinski definition) is 2. The maximum Gasteiger partial charge on any atom is 0.225 e. The van der Waals surface area contributed by atoms with Gasteiger partial charge in [0.1, 0.15) is 0 Å². The van der Waals surface area contributed by atoms with E-state index in [1.165, 1.54) is 52.7 Å². The zero-order chi connectivity index (χ0) is 34.7. The number of aromatic nitrogens is 1. The SMILES string of the molecule is CC.Clc1ccc(SNC(=NCCCCNc2c3c(nc4ccccc24)CCCC3)N2CC(c3ccccc3)C(c3ccc(Cl)cc3)=N2)cc1. The molecule has 1 aliphatic carbocycles. The second kappa shape index (κ2) is 17.8. The monoisotopic (exact) mass is 722 g/mol. The number of hydrazone groups is 1. The smallest absolute Gasteiger partial charge is 0.225 e. The Hall–Kier alpha value is -4.04. The fourth-order valence-corrected chi connectivity index (χ4v) is 7.35. The van der Waals surface area contributed by atoms with Crippen molar-refractivity contribution in [3.63, 3.8) is 0 Å². The van der Waals surface area contributed by atoms with Crippen LogP contribution in [0.4, 0.5) is 5.69 Å². The summed E-state index contributed by atoms with van der Waals surface area (Å²) in [6.45, 7) is 6.24. The van der Waals surface area contributed by atoms with Gasteiger partial charge in [-0.3, -0.25) is 14.7 Å². The summed E-state index contributed by atoms with van der Waals surface area (Å²) >= 11 is 13.9. The molecule has 0 bridgehead atoms. The van der Waals surface area contributed by atoms with Crippen LogP contribution < -0.4 is 10.0 Å². The molecule has 4 aromatic carbocycles. The lowest BCUT2D eigenvalue weighted by Crippen LogP contribution is -2.34. The highest BCUT2D eigenvalue weighted by atomic mass is 35.5. The molecule has 1 atom stereocenters. The molecule has 0 saturated carbocycles. The summed E-state index contributed by atoms with van der Waals surface area (Å²) in [6.07, 6.45) is 6.55. The van der Waals surface area contributed by atoms with Crippen LogP contribution in [0.5, 0.6) is 0 Å². The van der Waals surface area contributed by atoms with Crippen molar-refractivity contribution >= 4 is 63.4 Å². The topological polar surface area (TPSA) is 64.9 Å². The Balaban J connectivity index is 0.00000212. The highest BCUT2D eigenvalue weighted by Gasteiger charge is 2.31. The van der Waals surface area contributed by atoms with Crippen molar-refractivity contribution in [2.45, 2.75) is 63.2 Å². The molecule has 2 N–H and O–H groups in total. The third-order valence-corrected chi connectivity index (χ3v) is 10.2. The summed E-state index contributed by atoms with van der Waals surface area (Å²) in [5.74, 6) is 0.826. The fourth-order valence-electron chi connectivity index (χ4n) is 6.45. The number of hydrogen-bond acceptors (Lipinski definition) is 5. The van der Waals surface area contributed by atoms with Crippen molar-refractivity contribution in [1.82, 2.24) is 14.7 Å². The second-order valence-corrected chi connectivity index (χ2v) is 13.9. The van der Waals surface area contributed by atoms with Crippen LogP contribution in [-0.4, -0.2) is 41.3 Å². The Morgan fingerprint density at radius 3 is 2.32 bits per heavy atom. The zero-order valence-corrected chi connectivity index (χ0v) is 31.0. The van der Waals surface area contributed by atoms with E-state index in [1.807, 2.05) is 73.5 Å². The first-order chi connectivity index (χ1) is 24.6. The van der Waals surface area contributed by atoms with Crippen molar-refractivity contribution in [1.29, 1.82) is 0 Å². The Morgan fingerprint density at radius 2 is 1.54 bits per heavy atom. The van der Waals surface area contributed by atoms with E-state index in [4.69, 9.17) is 38.3 Å². The van der Waals surface area contributed by atoms with E-state index in [-0.39, 0.29) is 5.92 Å². The number of rotatable bonds is 10. The van der Waals surface area contributed by atoms with E-state index >= 15 is 0 Å². The Morgan fingerprint density at radius 1 is 0.840 bits per heavy atom. The van der Waals surface area contributed by atoms with Crippen LogP contribution in [-0.2, 0) is 12.8 Å². The van der Waals surface area contributed by atoms with Gasteiger partial charge < -0.3 is 5.32 Å². The maximum atomic E-state index is 6.25. The third kappa shape index (κ3) is 8.81. The second-order valence-electron chi connectivity index (χ2n) is 12.2. The summed E-state index contributed by atoms with van der Waals surface area (Å²) in [4.78, 5) is 11.1. The van der Waals surface area contributed by atoms with E-state index in [0.717, 1.165) is 59.9 Å². The Bertz CT molecular complexity index is 1910. The van der Waals surface area contributed by atoms with Gasteiger partial charge in [0.05, 0.1) is 17.8 Å². The summed E-state index contributed by atoms with van der Waals surface area (Å²) in [5.41, 5.74) is 8.29. The summed E-state index contributed by atoms with van der Waals surface area (Å²) in [7, 11) is 0. The molecule has 50 heavy (non-hydrogen) atoms. The van der Waals surface area contributed by atoms with E-state index in [9.17, 15) is 0 Å². The van der Waals surface area contributed by atoms with Gasteiger partial charge in [-0.05, 0) is 110 Å². The summed E-state index contributed by atoms with van der Waals surface area (Å²) in [5, 5.41) is 13.6. The molecule has 0 radical (unpaired) electrons. The number of fused-ring (bicyclic) bond motifs is 2. The minimum absolute atomic E-state index is 0.0882. The van der Waals surface area contributed by atoms with Gasteiger partial charge in [0, 0.05) is 50.7 Å². The highest BCUT2D eigenvalue weighted by Crippen LogP contribution is 2.34. The maximum absolute atomic E-state index is 6.25. The molecular formula is C41H44Cl2N6S.